The molecule has 1 aromatic carbocycles. The summed E-state index contributed by atoms with van der Waals surface area (Å²) in [4.78, 5) is 8.78. The van der Waals surface area contributed by atoms with E-state index in [4.69, 9.17) is 0 Å². The maximum Gasteiger partial charge on any atom is 0.137 e. The number of fused-ring (bicyclic) bond motifs is 1. The Morgan fingerprint density at radius 3 is 2.43 bits per heavy atom. The van der Waals surface area contributed by atoms with Crippen LogP contribution in [0.4, 0.5) is 5.82 Å². The lowest BCUT2D eigenvalue weighted by molar-refractivity contribution is 0.170. The summed E-state index contributed by atoms with van der Waals surface area (Å²) < 4.78 is 0. The van der Waals surface area contributed by atoms with Gasteiger partial charge in [-0.25, -0.2) is 9.97 Å². The molecular weight excluding hydrogens is 260 g/mol. The number of nitrogens with zero attached hydrogens (tertiary/aromatic N) is 2. The Kier molecular flexibility index (Phi) is 3.36. The van der Waals surface area contributed by atoms with Crippen LogP contribution in [0.1, 0.15) is 40.5 Å². The molecule has 21 heavy (non-hydrogen) atoms. The molecule has 4 heteroatoms. The van der Waals surface area contributed by atoms with Gasteiger partial charge in [-0.2, -0.15) is 0 Å². The number of rotatable bonds is 2. The maximum atomic E-state index is 4.45. The van der Waals surface area contributed by atoms with Crippen LogP contribution in [0.15, 0.2) is 30.6 Å². The Labute approximate surface area is 126 Å². The van der Waals surface area contributed by atoms with E-state index in [1.807, 2.05) is 18.2 Å². The number of anilines is 1. The van der Waals surface area contributed by atoms with E-state index in [2.05, 4.69) is 54.4 Å². The van der Waals surface area contributed by atoms with Gasteiger partial charge < -0.3 is 10.6 Å². The summed E-state index contributed by atoms with van der Waals surface area (Å²) in [5, 5.41) is 8.45. The molecule has 0 saturated carbocycles. The lowest BCUT2D eigenvalue weighted by atomic mass is 9.79. The van der Waals surface area contributed by atoms with Gasteiger partial charge in [0.15, 0.2) is 0 Å². The van der Waals surface area contributed by atoms with Gasteiger partial charge in [0.1, 0.15) is 12.1 Å². The fourth-order valence-electron chi connectivity index (χ4n) is 3.74. The van der Waals surface area contributed by atoms with Crippen molar-refractivity contribution in [2.24, 2.45) is 0 Å². The fourth-order valence-corrected chi connectivity index (χ4v) is 3.74. The summed E-state index contributed by atoms with van der Waals surface area (Å²) in [6.45, 7) is 9.06. The van der Waals surface area contributed by atoms with Gasteiger partial charge in [-0.1, -0.05) is 12.1 Å². The highest BCUT2D eigenvalue weighted by atomic mass is 15.1. The highest BCUT2D eigenvalue weighted by Gasteiger charge is 2.37. The van der Waals surface area contributed by atoms with Crippen LogP contribution in [-0.4, -0.2) is 27.1 Å². The molecule has 0 bridgehead atoms. The summed E-state index contributed by atoms with van der Waals surface area (Å²) in [5.41, 5.74) is 1.24. The highest BCUT2D eigenvalue weighted by molar-refractivity contribution is 5.88. The standard InChI is InChI=1S/C17H24N4/c1-16(2)9-12(10-17(3,4)21-16)20-15-13-7-5-6-8-14(13)18-11-19-15/h5-8,11-12,21H,9-10H2,1-4H3,(H,18,19,20). The van der Waals surface area contributed by atoms with Crippen LogP contribution in [0.2, 0.25) is 0 Å². The summed E-state index contributed by atoms with van der Waals surface area (Å²) in [7, 11) is 0. The molecule has 1 fully saturated rings. The van der Waals surface area contributed by atoms with Gasteiger partial charge in [0.05, 0.1) is 5.52 Å². The first-order valence-corrected chi connectivity index (χ1v) is 7.60. The lowest BCUT2D eigenvalue weighted by Crippen LogP contribution is -2.60. The molecule has 3 rings (SSSR count). The minimum absolute atomic E-state index is 0.127. The largest absolute Gasteiger partial charge is 0.367 e. The lowest BCUT2D eigenvalue weighted by Gasteiger charge is -2.46. The van der Waals surface area contributed by atoms with E-state index in [1.54, 1.807) is 6.33 Å². The predicted molar refractivity (Wildman–Crippen MR) is 87.5 cm³/mol. The number of hydrogen-bond donors (Lipinski definition) is 2. The second kappa shape index (κ2) is 4.95. The summed E-state index contributed by atoms with van der Waals surface area (Å²) in [5.74, 6) is 0.944. The third kappa shape index (κ3) is 3.16. The van der Waals surface area contributed by atoms with Crippen molar-refractivity contribution < 1.29 is 0 Å². The van der Waals surface area contributed by atoms with E-state index in [0.29, 0.717) is 6.04 Å². The molecule has 0 aliphatic carbocycles. The monoisotopic (exact) mass is 284 g/mol. The summed E-state index contributed by atoms with van der Waals surface area (Å²) >= 11 is 0. The number of benzene rings is 1. The molecule has 1 saturated heterocycles. The van der Waals surface area contributed by atoms with E-state index in [-0.39, 0.29) is 11.1 Å². The first-order valence-electron chi connectivity index (χ1n) is 7.60. The van der Waals surface area contributed by atoms with Crippen LogP contribution in [0.3, 0.4) is 0 Å². The average Bonchev–Trinajstić information content (AvgIpc) is 2.35. The quantitative estimate of drug-likeness (QED) is 0.888. The van der Waals surface area contributed by atoms with E-state index in [9.17, 15) is 0 Å². The third-order valence-corrected chi connectivity index (χ3v) is 4.07. The molecule has 0 radical (unpaired) electrons. The molecule has 0 amide bonds. The first-order chi connectivity index (χ1) is 9.85. The Bertz CT molecular complexity index is 627. The number of para-hydroxylation sites is 1. The van der Waals surface area contributed by atoms with Crippen molar-refractivity contribution in [3.05, 3.63) is 30.6 Å². The number of piperidine rings is 1. The van der Waals surface area contributed by atoms with Crippen molar-refractivity contribution in [2.45, 2.75) is 57.7 Å². The van der Waals surface area contributed by atoms with Gasteiger partial charge in [0.2, 0.25) is 0 Å². The molecule has 112 valence electrons. The van der Waals surface area contributed by atoms with Crippen LogP contribution < -0.4 is 10.6 Å². The van der Waals surface area contributed by atoms with E-state index < -0.39 is 0 Å². The van der Waals surface area contributed by atoms with Gasteiger partial charge in [0.25, 0.3) is 0 Å². The van der Waals surface area contributed by atoms with Crippen molar-refractivity contribution in [1.82, 2.24) is 15.3 Å². The fraction of sp³-hybridized carbons (Fsp3) is 0.529. The van der Waals surface area contributed by atoms with Crippen molar-refractivity contribution in [3.63, 3.8) is 0 Å². The van der Waals surface area contributed by atoms with E-state index >= 15 is 0 Å². The van der Waals surface area contributed by atoms with Crippen molar-refractivity contribution in [2.75, 3.05) is 5.32 Å². The van der Waals surface area contributed by atoms with Crippen LogP contribution in [0, 0.1) is 0 Å². The second-order valence-corrected chi connectivity index (χ2v) is 7.38. The molecule has 2 heterocycles. The number of nitrogens with one attached hydrogen (secondary N) is 2. The number of hydrogen-bond acceptors (Lipinski definition) is 4. The first kappa shape index (κ1) is 14.3. The van der Waals surface area contributed by atoms with Crippen molar-refractivity contribution >= 4 is 16.7 Å². The Morgan fingerprint density at radius 1 is 1.05 bits per heavy atom. The molecular formula is C17H24N4. The molecule has 2 N–H and O–H groups in total. The molecule has 0 unspecified atom stereocenters. The van der Waals surface area contributed by atoms with Gasteiger partial charge in [-0.15, -0.1) is 0 Å². The molecule has 0 atom stereocenters. The molecule has 0 spiro atoms. The van der Waals surface area contributed by atoms with Crippen molar-refractivity contribution in [1.29, 1.82) is 0 Å². The van der Waals surface area contributed by atoms with E-state index in [0.717, 1.165) is 29.6 Å². The number of aromatic nitrogens is 2. The summed E-state index contributed by atoms with van der Waals surface area (Å²) in [6.07, 6.45) is 3.80. The van der Waals surface area contributed by atoms with E-state index in [1.165, 1.54) is 0 Å². The molecule has 4 nitrogen and oxygen atoms in total. The van der Waals surface area contributed by atoms with Crippen LogP contribution in [-0.2, 0) is 0 Å². The van der Waals surface area contributed by atoms with Gasteiger partial charge in [-0.05, 0) is 52.7 Å². The Morgan fingerprint density at radius 2 is 1.71 bits per heavy atom. The smallest absolute Gasteiger partial charge is 0.137 e. The minimum atomic E-state index is 0.127. The Balaban J connectivity index is 1.88. The topological polar surface area (TPSA) is 49.8 Å². The van der Waals surface area contributed by atoms with Gasteiger partial charge in [-0.3, -0.25) is 0 Å². The normalized spacial score (nSPS) is 21.3. The maximum absolute atomic E-state index is 4.45. The zero-order valence-electron chi connectivity index (χ0n) is 13.3. The predicted octanol–water partition coefficient (Wildman–Crippen LogP) is 3.35. The zero-order chi connectivity index (χ0) is 15.1. The highest BCUT2D eigenvalue weighted by Crippen LogP contribution is 2.31. The second-order valence-electron chi connectivity index (χ2n) is 7.38. The Hall–Kier alpha value is -1.68. The third-order valence-electron chi connectivity index (χ3n) is 4.07. The van der Waals surface area contributed by atoms with Crippen LogP contribution in [0.5, 0.6) is 0 Å². The SMILES string of the molecule is CC1(C)CC(Nc2ncnc3ccccc23)CC(C)(C)N1. The molecule has 1 aliphatic rings. The average molecular weight is 284 g/mol. The molecule has 1 aromatic heterocycles. The van der Waals surface area contributed by atoms with Gasteiger partial charge in [0, 0.05) is 22.5 Å². The zero-order valence-corrected chi connectivity index (χ0v) is 13.3. The minimum Gasteiger partial charge on any atom is -0.367 e. The van der Waals surface area contributed by atoms with Gasteiger partial charge >= 0.3 is 0 Å². The molecule has 2 aromatic rings. The van der Waals surface area contributed by atoms with Crippen molar-refractivity contribution in [3.8, 4) is 0 Å². The molecule has 1 aliphatic heterocycles. The summed E-state index contributed by atoms with van der Waals surface area (Å²) in [6, 6.07) is 8.56. The van der Waals surface area contributed by atoms with Crippen LogP contribution in [0.25, 0.3) is 10.9 Å². The van der Waals surface area contributed by atoms with Crippen LogP contribution >= 0.6 is 0 Å².